The number of benzene rings is 1. The minimum Gasteiger partial charge on any atom is -0.497 e. The molecule has 0 aliphatic heterocycles. The molecule has 2 N–H and O–H groups in total. The molecule has 0 radical (unpaired) electrons. The number of terminal acetylenes is 1. The fraction of sp³-hybridized carbons (Fsp3) is 0.214. The standard InChI is InChI=1S/C14H15N3O2/c1-4-7-17-9-16-13(14(17)15)11-6-5-10(18-2)8-12(11)19-3/h1,5-6,8-9H,7,15H2,2-3H3. The number of rotatable bonds is 4. The van der Waals surface area contributed by atoms with Crippen molar-refractivity contribution in [2.24, 2.45) is 0 Å². The lowest BCUT2D eigenvalue weighted by atomic mass is 10.1. The Kier molecular flexibility index (Phi) is 3.62. The van der Waals surface area contributed by atoms with Crippen LogP contribution in [0.4, 0.5) is 5.82 Å². The summed E-state index contributed by atoms with van der Waals surface area (Å²) in [5, 5.41) is 0. The van der Waals surface area contributed by atoms with E-state index >= 15 is 0 Å². The van der Waals surface area contributed by atoms with Crippen molar-refractivity contribution in [2.75, 3.05) is 20.0 Å². The maximum absolute atomic E-state index is 6.03. The van der Waals surface area contributed by atoms with Crippen molar-refractivity contribution in [3.8, 4) is 35.1 Å². The van der Waals surface area contributed by atoms with E-state index in [4.69, 9.17) is 21.6 Å². The quantitative estimate of drug-likeness (QED) is 0.848. The van der Waals surface area contributed by atoms with Crippen LogP contribution in [0, 0.1) is 12.3 Å². The number of nitrogens with two attached hydrogens (primary N) is 1. The summed E-state index contributed by atoms with van der Waals surface area (Å²) in [6.45, 7) is 0.386. The summed E-state index contributed by atoms with van der Waals surface area (Å²) in [6.07, 6.45) is 6.90. The van der Waals surface area contributed by atoms with Crippen LogP contribution >= 0.6 is 0 Å². The van der Waals surface area contributed by atoms with Crippen LogP contribution in [0.15, 0.2) is 24.5 Å². The highest BCUT2D eigenvalue weighted by atomic mass is 16.5. The minimum atomic E-state index is 0.386. The first kappa shape index (κ1) is 12.8. The van der Waals surface area contributed by atoms with Gasteiger partial charge in [-0.1, -0.05) is 5.92 Å². The lowest BCUT2D eigenvalue weighted by molar-refractivity contribution is 0.395. The van der Waals surface area contributed by atoms with Crippen LogP contribution in [0.25, 0.3) is 11.3 Å². The van der Waals surface area contributed by atoms with Crippen molar-refractivity contribution in [3.63, 3.8) is 0 Å². The number of methoxy groups -OCH3 is 2. The van der Waals surface area contributed by atoms with E-state index in [-0.39, 0.29) is 0 Å². The summed E-state index contributed by atoms with van der Waals surface area (Å²) in [6, 6.07) is 5.48. The zero-order chi connectivity index (χ0) is 13.8. The fourth-order valence-corrected chi connectivity index (χ4v) is 1.82. The highest BCUT2D eigenvalue weighted by molar-refractivity contribution is 5.76. The lowest BCUT2D eigenvalue weighted by Gasteiger charge is -2.09. The zero-order valence-corrected chi connectivity index (χ0v) is 10.9. The number of imidazole rings is 1. The van der Waals surface area contributed by atoms with Crippen molar-refractivity contribution in [2.45, 2.75) is 6.54 Å². The lowest BCUT2D eigenvalue weighted by Crippen LogP contribution is -2.01. The van der Waals surface area contributed by atoms with Gasteiger partial charge in [0.2, 0.25) is 0 Å². The van der Waals surface area contributed by atoms with E-state index in [2.05, 4.69) is 10.9 Å². The molecule has 2 rings (SSSR count). The Bertz CT molecular complexity index is 626. The molecule has 98 valence electrons. The van der Waals surface area contributed by atoms with E-state index in [0.717, 1.165) is 5.56 Å². The van der Waals surface area contributed by atoms with E-state index < -0.39 is 0 Å². The minimum absolute atomic E-state index is 0.386. The van der Waals surface area contributed by atoms with E-state index in [1.807, 2.05) is 12.1 Å². The zero-order valence-electron chi connectivity index (χ0n) is 10.9. The van der Waals surface area contributed by atoms with Gasteiger partial charge in [0.25, 0.3) is 0 Å². The smallest absolute Gasteiger partial charge is 0.132 e. The molecule has 0 saturated heterocycles. The van der Waals surface area contributed by atoms with Gasteiger partial charge in [-0.3, -0.25) is 0 Å². The Labute approximate surface area is 112 Å². The van der Waals surface area contributed by atoms with Gasteiger partial charge < -0.3 is 19.8 Å². The second-order valence-electron chi connectivity index (χ2n) is 3.88. The van der Waals surface area contributed by atoms with Crippen molar-refractivity contribution >= 4 is 5.82 Å². The molecule has 1 aromatic heterocycles. The summed E-state index contributed by atoms with van der Waals surface area (Å²) in [5.74, 6) is 4.40. The molecule has 0 atom stereocenters. The van der Waals surface area contributed by atoms with E-state index in [9.17, 15) is 0 Å². The molecule has 0 saturated carbocycles. The molecule has 0 aliphatic rings. The number of nitrogen functional groups attached to an aromatic ring is 1. The van der Waals surface area contributed by atoms with Crippen molar-refractivity contribution in [3.05, 3.63) is 24.5 Å². The predicted molar refractivity (Wildman–Crippen MR) is 74.0 cm³/mol. The second-order valence-corrected chi connectivity index (χ2v) is 3.88. The Morgan fingerprint density at radius 1 is 1.37 bits per heavy atom. The summed E-state index contributed by atoms with van der Waals surface area (Å²) in [4.78, 5) is 4.29. The number of ether oxygens (including phenoxy) is 2. The fourth-order valence-electron chi connectivity index (χ4n) is 1.82. The molecule has 5 heteroatoms. The molecule has 0 fully saturated rings. The van der Waals surface area contributed by atoms with Gasteiger partial charge in [-0.2, -0.15) is 0 Å². The van der Waals surface area contributed by atoms with E-state index in [1.165, 1.54) is 0 Å². The largest absolute Gasteiger partial charge is 0.497 e. The summed E-state index contributed by atoms with van der Waals surface area (Å²) in [5.41, 5.74) is 7.48. The second kappa shape index (κ2) is 5.36. The molecule has 2 aromatic rings. The third-order valence-electron chi connectivity index (χ3n) is 2.80. The van der Waals surface area contributed by atoms with Gasteiger partial charge in [-0.15, -0.1) is 6.42 Å². The van der Waals surface area contributed by atoms with Crippen LogP contribution < -0.4 is 15.2 Å². The predicted octanol–water partition coefficient (Wildman–Crippen LogP) is 1.78. The number of hydrogen-bond acceptors (Lipinski definition) is 4. The van der Waals surface area contributed by atoms with Gasteiger partial charge in [0, 0.05) is 11.6 Å². The Balaban J connectivity index is 2.50. The monoisotopic (exact) mass is 257 g/mol. The van der Waals surface area contributed by atoms with Gasteiger partial charge >= 0.3 is 0 Å². The maximum Gasteiger partial charge on any atom is 0.132 e. The molecule has 1 aromatic carbocycles. The first-order valence-electron chi connectivity index (χ1n) is 5.67. The van der Waals surface area contributed by atoms with Crippen LogP contribution in [-0.4, -0.2) is 23.8 Å². The summed E-state index contributed by atoms with van der Waals surface area (Å²) in [7, 11) is 3.19. The summed E-state index contributed by atoms with van der Waals surface area (Å²) < 4.78 is 12.2. The SMILES string of the molecule is C#CCn1cnc(-c2ccc(OC)cc2OC)c1N. The normalized spacial score (nSPS) is 9.95. The molecule has 0 amide bonds. The highest BCUT2D eigenvalue weighted by Crippen LogP contribution is 2.35. The molecule has 0 aliphatic carbocycles. The van der Waals surface area contributed by atoms with Crippen LogP contribution in [0.3, 0.4) is 0 Å². The molecule has 0 spiro atoms. The number of aromatic nitrogens is 2. The van der Waals surface area contributed by atoms with Crippen molar-refractivity contribution < 1.29 is 9.47 Å². The van der Waals surface area contributed by atoms with Crippen molar-refractivity contribution in [1.82, 2.24) is 9.55 Å². The maximum atomic E-state index is 6.03. The molecular formula is C14H15N3O2. The van der Waals surface area contributed by atoms with Crippen LogP contribution in [-0.2, 0) is 6.54 Å². The van der Waals surface area contributed by atoms with Gasteiger partial charge in [0.1, 0.15) is 23.0 Å². The highest BCUT2D eigenvalue weighted by Gasteiger charge is 2.14. The first-order valence-corrected chi connectivity index (χ1v) is 5.67. The van der Waals surface area contributed by atoms with Crippen molar-refractivity contribution in [1.29, 1.82) is 0 Å². The van der Waals surface area contributed by atoms with Gasteiger partial charge in [0.05, 0.1) is 27.1 Å². The Morgan fingerprint density at radius 2 is 2.16 bits per heavy atom. The topological polar surface area (TPSA) is 62.3 Å². The van der Waals surface area contributed by atoms with Gasteiger partial charge in [0.15, 0.2) is 0 Å². The van der Waals surface area contributed by atoms with E-state index in [1.54, 1.807) is 31.2 Å². The average molecular weight is 257 g/mol. The van der Waals surface area contributed by atoms with Crippen LogP contribution in [0.2, 0.25) is 0 Å². The molecule has 19 heavy (non-hydrogen) atoms. The average Bonchev–Trinajstić information content (AvgIpc) is 2.80. The third-order valence-corrected chi connectivity index (χ3v) is 2.80. The number of nitrogens with zero attached hydrogens (tertiary/aromatic N) is 2. The molecule has 0 bridgehead atoms. The first-order chi connectivity index (χ1) is 9.21. The Morgan fingerprint density at radius 3 is 2.79 bits per heavy atom. The third kappa shape index (κ3) is 2.33. The van der Waals surface area contributed by atoms with E-state index in [0.29, 0.717) is 29.6 Å². The summed E-state index contributed by atoms with van der Waals surface area (Å²) >= 11 is 0. The van der Waals surface area contributed by atoms with Gasteiger partial charge in [-0.25, -0.2) is 4.98 Å². The molecule has 5 nitrogen and oxygen atoms in total. The number of anilines is 1. The van der Waals surface area contributed by atoms with Gasteiger partial charge in [-0.05, 0) is 12.1 Å². The molecule has 1 heterocycles. The van der Waals surface area contributed by atoms with Crippen LogP contribution in [0.1, 0.15) is 0 Å². The number of hydrogen-bond donors (Lipinski definition) is 1. The molecular weight excluding hydrogens is 242 g/mol. The Hall–Kier alpha value is -2.61. The van der Waals surface area contributed by atoms with Crippen LogP contribution in [0.5, 0.6) is 11.5 Å². The molecule has 0 unspecified atom stereocenters.